The summed E-state index contributed by atoms with van der Waals surface area (Å²) in [5.41, 5.74) is 7.01. The van der Waals surface area contributed by atoms with Crippen molar-refractivity contribution in [3.05, 3.63) is 71.8 Å². The lowest BCUT2D eigenvalue weighted by atomic mass is 9.96. The molecule has 71 heavy (non-hydrogen) atoms. The number of aliphatic carboxylic acids is 1. The first-order valence-electron chi connectivity index (χ1n) is 25.6. The molecule has 2 aromatic carbocycles. The number of urea groups is 2. The van der Waals surface area contributed by atoms with Gasteiger partial charge in [-0.25, -0.2) is 24.0 Å². The molecule has 8 bridgehead atoms. The molecule has 388 valence electrons. The number of carbonyl (C=O) groups excluding carboxylic acids is 5. The molecule has 0 aliphatic carbocycles. The largest absolute Gasteiger partial charge is 0.480 e. The summed E-state index contributed by atoms with van der Waals surface area (Å²) in [6.07, 6.45) is 9.39. The van der Waals surface area contributed by atoms with E-state index in [2.05, 4.69) is 5.32 Å². The van der Waals surface area contributed by atoms with Crippen molar-refractivity contribution in [1.82, 2.24) is 35.0 Å². The maximum absolute atomic E-state index is 13.3. The number of nitrogens with two attached hydrogens (primary N) is 1. The number of hydrogen-bond donors (Lipinski definition) is 3. The number of ether oxygens (including phenoxy) is 2. The van der Waals surface area contributed by atoms with Gasteiger partial charge >= 0.3 is 30.2 Å². The minimum absolute atomic E-state index is 0.000418. The van der Waals surface area contributed by atoms with Gasteiger partial charge in [-0.15, -0.1) is 0 Å². The Morgan fingerprint density at radius 1 is 0.577 bits per heavy atom. The Kier molecular flexibility index (Phi) is 15.7. The van der Waals surface area contributed by atoms with Crippen molar-refractivity contribution in [2.45, 2.75) is 203 Å². The van der Waals surface area contributed by atoms with Crippen LogP contribution in [0.5, 0.6) is 0 Å². The van der Waals surface area contributed by atoms with Crippen LogP contribution in [0.25, 0.3) is 0 Å². The maximum atomic E-state index is 13.3. The number of rotatable bonds is 9. The van der Waals surface area contributed by atoms with Gasteiger partial charge in [0, 0.05) is 49.3 Å². The van der Waals surface area contributed by atoms with Crippen molar-refractivity contribution in [3.63, 3.8) is 0 Å². The minimum atomic E-state index is -0.943. The molecule has 8 atom stereocenters. The molecular formula is C52H74N8O11. The Labute approximate surface area is 417 Å². The van der Waals surface area contributed by atoms with Crippen LogP contribution in [0.15, 0.2) is 60.7 Å². The molecule has 0 saturated carbocycles. The number of nitrogens with one attached hydrogen (secondary N) is 1. The summed E-state index contributed by atoms with van der Waals surface area (Å²) in [6, 6.07) is 18.5. The lowest BCUT2D eigenvalue weighted by molar-refractivity contribution is -0.143. The second-order valence-electron chi connectivity index (χ2n) is 22.3. The zero-order chi connectivity index (χ0) is 50.8. The average molecular weight is 987 g/mol. The van der Waals surface area contributed by atoms with Crippen LogP contribution in [0.3, 0.4) is 0 Å². The number of carbonyl (C=O) groups is 6. The molecule has 0 aromatic heterocycles. The Hall–Kier alpha value is -5.66. The number of nitrogens with zero attached hydrogens (tertiary/aromatic N) is 6. The molecule has 7 amide bonds. The molecule has 4 unspecified atom stereocenters. The molecule has 8 aliphatic heterocycles. The summed E-state index contributed by atoms with van der Waals surface area (Å²) in [6.45, 7) is 12.9. The van der Waals surface area contributed by atoms with E-state index in [1.54, 1.807) is 4.90 Å². The molecule has 8 saturated heterocycles. The van der Waals surface area contributed by atoms with E-state index in [1.807, 2.05) is 112 Å². The van der Waals surface area contributed by atoms with E-state index in [-0.39, 0.29) is 66.4 Å². The third-order valence-corrected chi connectivity index (χ3v) is 14.7. The first-order chi connectivity index (χ1) is 33.7. The van der Waals surface area contributed by atoms with E-state index < -0.39 is 29.3 Å². The van der Waals surface area contributed by atoms with E-state index >= 15 is 0 Å². The number of hydroxylamine groups is 4. The van der Waals surface area contributed by atoms with Crippen LogP contribution in [0, 0.1) is 0 Å². The number of fused-ring (bicyclic) bond motifs is 8. The van der Waals surface area contributed by atoms with Crippen LogP contribution in [-0.2, 0) is 42.0 Å². The highest BCUT2D eigenvalue weighted by Crippen LogP contribution is 2.39. The molecular weight excluding hydrogens is 913 g/mol. The molecule has 4 N–H and O–H groups in total. The van der Waals surface area contributed by atoms with Crippen molar-refractivity contribution in [1.29, 1.82) is 0 Å². The zero-order valence-corrected chi connectivity index (χ0v) is 42.2. The van der Waals surface area contributed by atoms with Gasteiger partial charge in [0.1, 0.15) is 36.5 Å². The minimum Gasteiger partial charge on any atom is -0.480 e. The van der Waals surface area contributed by atoms with E-state index in [1.165, 1.54) is 15.0 Å². The highest BCUT2D eigenvalue weighted by Gasteiger charge is 2.51. The maximum Gasteiger partial charge on any atom is 0.410 e. The van der Waals surface area contributed by atoms with Crippen molar-refractivity contribution in [2.24, 2.45) is 5.73 Å². The van der Waals surface area contributed by atoms with Gasteiger partial charge < -0.3 is 45.2 Å². The quantitative estimate of drug-likeness (QED) is 0.237. The molecule has 0 radical (unpaired) electrons. The normalized spacial score (nSPS) is 29.5. The molecule has 8 heterocycles. The molecule has 8 aliphatic rings. The predicted molar refractivity (Wildman–Crippen MR) is 260 cm³/mol. The number of amides is 7. The van der Waals surface area contributed by atoms with Crippen LogP contribution in [0.4, 0.5) is 19.2 Å². The summed E-state index contributed by atoms with van der Waals surface area (Å²) in [5, 5.41) is 15.1. The Balaban J connectivity index is 0.000000158. The molecule has 0 spiro atoms. The summed E-state index contributed by atoms with van der Waals surface area (Å²) < 4.78 is 11.1. The third-order valence-electron chi connectivity index (χ3n) is 14.7. The van der Waals surface area contributed by atoms with Crippen molar-refractivity contribution < 1.29 is 53.0 Å². The predicted octanol–water partition coefficient (Wildman–Crippen LogP) is 6.78. The Morgan fingerprint density at radius 3 is 1.37 bits per heavy atom. The van der Waals surface area contributed by atoms with E-state index in [4.69, 9.17) is 30.0 Å². The van der Waals surface area contributed by atoms with Gasteiger partial charge in [0.25, 0.3) is 0 Å². The highest BCUT2D eigenvalue weighted by atomic mass is 16.7. The van der Waals surface area contributed by atoms with Gasteiger partial charge in [-0.2, -0.15) is 10.1 Å². The van der Waals surface area contributed by atoms with Crippen molar-refractivity contribution >= 4 is 36.1 Å². The average Bonchev–Trinajstić information content (AvgIpc) is 3.93. The van der Waals surface area contributed by atoms with Crippen LogP contribution in [0.1, 0.15) is 130 Å². The van der Waals surface area contributed by atoms with Crippen LogP contribution in [0.2, 0.25) is 0 Å². The number of hydrogen-bond acceptors (Lipinski definition) is 11. The standard InChI is InChI=1S/C26H36N4O5.C14H16N2O4.C12H22N2O2/c1-26(2,3)35-25(33)29-19-9-10-20(29)14-18(13-19)27-23(31)22-12-11-21-15-28(22)24(32)30(21)34-16-17-7-5-4-6-8-17;17-13(18)12-7-6-11-8-15(12)14(19)16(11)20-9-10-4-2-1-3-5-10;1-12(2,3)16-11(15)14-9-4-5-10(14)7-8(13)6-9/h4-8,18-22H,9-16H2,1-3H3,(H,27,31);1-5,11-12H,6-9H2,(H,17,18);8-10H,4-7,13H2,1-3H3/t18?,19?,20?,21-,22+;11-,12+;/m11./s1. The molecule has 10 rings (SSSR count). The second-order valence-corrected chi connectivity index (χ2v) is 22.3. The molecule has 8 fully saturated rings. The number of carboxylic acids is 1. The topological polar surface area (TPSA) is 217 Å². The fourth-order valence-electron chi connectivity index (χ4n) is 11.6. The highest BCUT2D eigenvalue weighted by molar-refractivity contribution is 5.89. The fraction of sp³-hybridized carbons (Fsp3) is 0.654. The smallest absolute Gasteiger partial charge is 0.410 e. The van der Waals surface area contributed by atoms with E-state index in [0.717, 1.165) is 68.9 Å². The first kappa shape index (κ1) is 51.7. The lowest BCUT2D eigenvalue weighted by Gasteiger charge is -2.40. The summed E-state index contributed by atoms with van der Waals surface area (Å²) in [5.74, 6) is -1.04. The molecule has 19 heteroatoms. The van der Waals surface area contributed by atoms with Gasteiger partial charge in [0.05, 0.1) is 12.1 Å². The van der Waals surface area contributed by atoms with E-state index in [9.17, 15) is 28.8 Å². The second kappa shape index (κ2) is 21.6. The molecule has 2 aromatic rings. The van der Waals surface area contributed by atoms with Gasteiger partial charge in [0.15, 0.2) is 0 Å². The van der Waals surface area contributed by atoms with Gasteiger partial charge in [-0.05, 0) is 130 Å². The van der Waals surface area contributed by atoms with Gasteiger partial charge in [-0.1, -0.05) is 60.7 Å². The number of piperidine rings is 4. The fourth-order valence-corrected chi connectivity index (χ4v) is 11.6. The van der Waals surface area contributed by atoms with Crippen LogP contribution < -0.4 is 11.1 Å². The first-order valence-corrected chi connectivity index (χ1v) is 25.6. The van der Waals surface area contributed by atoms with E-state index in [0.29, 0.717) is 57.6 Å². The van der Waals surface area contributed by atoms with Crippen molar-refractivity contribution in [2.75, 3.05) is 13.1 Å². The molecule has 19 nitrogen and oxygen atoms in total. The monoisotopic (exact) mass is 987 g/mol. The van der Waals surface area contributed by atoms with Gasteiger partial charge in [0.2, 0.25) is 5.91 Å². The lowest BCUT2D eigenvalue weighted by Crippen LogP contribution is -2.57. The number of carboxylic acid groups (broad SMARTS) is 1. The number of benzene rings is 2. The summed E-state index contributed by atoms with van der Waals surface area (Å²) >= 11 is 0. The van der Waals surface area contributed by atoms with Crippen LogP contribution in [-0.4, -0.2) is 156 Å². The summed E-state index contributed by atoms with van der Waals surface area (Å²) in [4.78, 5) is 92.7. The van der Waals surface area contributed by atoms with Crippen LogP contribution >= 0.6 is 0 Å². The van der Waals surface area contributed by atoms with Gasteiger partial charge in [-0.3, -0.25) is 14.5 Å². The third kappa shape index (κ3) is 12.3. The van der Waals surface area contributed by atoms with Crippen molar-refractivity contribution in [3.8, 4) is 0 Å². The Bertz CT molecular complexity index is 2200. The zero-order valence-electron chi connectivity index (χ0n) is 42.2. The SMILES string of the molecule is CC(C)(C)OC(=O)N1C2CCC1CC(N)C2.CC(C)(C)OC(=O)N1C2CCC1CC(NC(=O)[C@@H]1CC[C@@H]3CN1C(=O)N3OCc1ccccc1)C2.O=C(O)[C@@H]1CC[C@@H]2CN1C(=O)N2OCc1ccccc1. The summed E-state index contributed by atoms with van der Waals surface area (Å²) in [7, 11) is 0. The Morgan fingerprint density at radius 2 is 0.958 bits per heavy atom.